The van der Waals surface area contributed by atoms with E-state index in [0.717, 1.165) is 6.07 Å². The van der Waals surface area contributed by atoms with Gasteiger partial charge in [-0.05, 0) is 24.4 Å². The molecule has 0 unspecified atom stereocenters. The molecule has 0 fully saturated rings. The van der Waals surface area contributed by atoms with Crippen LogP contribution >= 0.6 is 12.2 Å². The number of ether oxygens (including phenoxy) is 1. The summed E-state index contributed by atoms with van der Waals surface area (Å²) in [5, 5.41) is 2.18. The van der Waals surface area contributed by atoms with Crippen LogP contribution in [0.3, 0.4) is 0 Å². The monoisotopic (exact) mass is 307 g/mol. The number of halogens is 3. The third-order valence-electron chi connectivity index (χ3n) is 2.07. The van der Waals surface area contributed by atoms with Crippen molar-refractivity contribution in [3.63, 3.8) is 0 Å². The van der Waals surface area contributed by atoms with Crippen LogP contribution in [-0.4, -0.2) is 24.7 Å². The minimum atomic E-state index is -4.50. The average molecular weight is 307 g/mol. The summed E-state index contributed by atoms with van der Waals surface area (Å²) < 4.78 is 42.7. The molecule has 9 heteroatoms. The standard InChI is InChI=1S/C11H12F3N3O2S/c1-19-6-9(18)16-17-10(20)15-8-5-3-2-4-7(8)11(12,13)14/h2-5H,6H2,1H3,(H,16,18)(H2,15,17,20). The summed E-state index contributed by atoms with van der Waals surface area (Å²) in [6, 6.07) is 4.86. The number of thiocarbonyl (C=S) groups is 1. The predicted molar refractivity (Wildman–Crippen MR) is 70.8 cm³/mol. The van der Waals surface area contributed by atoms with Crippen LogP contribution in [0.2, 0.25) is 0 Å². The number of nitrogens with one attached hydrogen (secondary N) is 3. The van der Waals surface area contributed by atoms with Crippen molar-refractivity contribution in [2.24, 2.45) is 0 Å². The van der Waals surface area contributed by atoms with E-state index >= 15 is 0 Å². The first kappa shape index (κ1) is 16.2. The molecule has 1 rings (SSSR count). The van der Waals surface area contributed by atoms with Crippen LogP contribution in [0.25, 0.3) is 0 Å². The van der Waals surface area contributed by atoms with Gasteiger partial charge in [0.2, 0.25) is 0 Å². The van der Waals surface area contributed by atoms with E-state index in [9.17, 15) is 18.0 Å². The number of carbonyl (C=O) groups is 1. The third kappa shape index (κ3) is 5.02. The topological polar surface area (TPSA) is 62.4 Å². The zero-order chi connectivity index (χ0) is 15.2. The minimum Gasteiger partial charge on any atom is -0.375 e. The smallest absolute Gasteiger partial charge is 0.375 e. The lowest BCUT2D eigenvalue weighted by Crippen LogP contribution is -2.45. The Balaban J connectivity index is 2.65. The largest absolute Gasteiger partial charge is 0.418 e. The van der Waals surface area contributed by atoms with Crippen molar-refractivity contribution in [2.75, 3.05) is 19.0 Å². The molecule has 1 amide bonds. The minimum absolute atomic E-state index is 0.175. The number of alkyl halides is 3. The maximum atomic E-state index is 12.7. The van der Waals surface area contributed by atoms with Gasteiger partial charge in [-0.1, -0.05) is 12.1 Å². The second-order valence-corrected chi connectivity index (χ2v) is 4.01. The molecule has 0 bridgehead atoms. The summed E-state index contributed by atoms with van der Waals surface area (Å²) in [7, 11) is 1.33. The lowest BCUT2D eigenvalue weighted by molar-refractivity contribution is -0.137. The molecule has 20 heavy (non-hydrogen) atoms. The van der Waals surface area contributed by atoms with E-state index in [2.05, 4.69) is 20.9 Å². The van der Waals surface area contributed by atoms with Gasteiger partial charge in [0.1, 0.15) is 6.61 Å². The number of hydrogen-bond acceptors (Lipinski definition) is 3. The lowest BCUT2D eigenvalue weighted by atomic mass is 10.2. The normalized spacial score (nSPS) is 10.8. The van der Waals surface area contributed by atoms with E-state index in [-0.39, 0.29) is 17.4 Å². The second kappa shape index (κ2) is 7.06. The second-order valence-electron chi connectivity index (χ2n) is 3.60. The Morgan fingerprint density at radius 2 is 1.95 bits per heavy atom. The molecule has 110 valence electrons. The van der Waals surface area contributed by atoms with Gasteiger partial charge in [0.15, 0.2) is 5.11 Å². The summed E-state index contributed by atoms with van der Waals surface area (Å²) in [6.07, 6.45) is -4.50. The van der Waals surface area contributed by atoms with Crippen LogP contribution in [0.4, 0.5) is 18.9 Å². The van der Waals surface area contributed by atoms with E-state index in [1.54, 1.807) is 0 Å². The number of amides is 1. The van der Waals surface area contributed by atoms with E-state index in [4.69, 9.17) is 12.2 Å². The molecule has 0 saturated carbocycles. The van der Waals surface area contributed by atoms with Crippen molar-refractivity contribution in [1.82, 2.24) is 10.9 Å². The lowest BCUT2D eigenvalue weighted by Gasteiger charge is -2.15. The summed E-state index contributed by atoms with van der Waals surface area (Å²) in [4.78, 5) is 11.1. The van der Waals surface area contributed by atoms with Gasteiger partial charge in [-0.2, -0.15) is 13.2 Å². The average Bonchev–Trinajstić information content (AvgIpc) is 2.36. The fourth-order valence-electron chi connectivity index (χ4n) is 1.29. The Kier molecular flexibility index (Phi) is 5.71. The number of rotatable bonds is 3. The van der Waals surface area contributed by atoms with Gasteiger partial charge in [0.05, 0.1) is 11.3 Å². The van der Waals surface area contributed by atoms with Gasteiger partial charge >= 0.3 is 6.18 Å². The maximum absolute atomic E-state index is 12.7. The van der Waals surface area contributed by atoms with E-state index in [0.29, 0.717) is 0 Å². The van der Waals surface area contributed by atoms with Crippen molar-refractivity contribution < 1.29 is 22.7 Å². The molecule has 0 saturated heterocycles. The van der Waals surface area contributed by atoms with E-state index in [1.165, 1.54) is 25.3 Å². The molecule has 0 aliphatic carbocycles. The first-order valence-electron chi connectivity index (χ1n) is 5.35. The van der Waals surface area contributed by atoms with Crippen LogP contribution < -0.4 is 16.2 Å². The molecule has 0 atom stereocenters. The highest BCUT2D eigenvalue weighted by atomic mass is 32.1. The Hall–Kier alpha value is -1.87. The van der Waals surface area contributed by atoms with Crippen molar-refractivity contribution in [3.05, 3.63) is 29.8 Å². The van der Waals surface area contributed by atoms with Gasteiger partial charge in [0, 0.05) is 7.11 Å². The molecular formula is C11H12F3N3O2S. The summed E-state index contributed by atoms with van der Waals surface area (Å²) in [5.41, 5.74) is 3.37. The van der Waals surface area contributed by atoms with Gasteiger partial charge < -0.3 is 10.1 Å². The predicted octanol–water partition coefficient (Wildman–Crippen LogP) is 1.67. The molecule has 0 heterocycles. The highest BCUT2D eigenvalue weighted by molar-refractivity contribution is 7.80. The van der Waals surface area contributed by atoms with Gasteiger partial charge in [-0.3, -0.25) is 15.6 Å². The van der Waals surface area contributed by atoms with Crippen molar-refractivity contribution in [3.8, 4) is 0 Å². The summed E-state index contributed by atoms with van der Waals surface area (Å²) in [6.45, 7) is -0.200. The van der Waals surface area contributed by atoms with Gasteiger partial charge in [-0.25, -0.2) is 0 Å². The number of carbonyl (C=O) groups excluding carboxylic acids is 1. The number of methoxy groups -OCH3 is 1. The van der Waals surface area contributed by atoms with Crippen LogP contribution in [0.1, 0.15) is 5.56 Å². The molecule has 0 aromatic heterocycles. The van der Waals surface area contributed by atoms with Crippen molar-refractivity contribution in [2.45, 2.75) is 6.18 Å². The molecule has 0 spiro atoms. The zero-order valence-corrected chi connectivity index (χ0v) is 11.2. The molecular weight excluding hydrogens is 295 g/mol. The molecule has 0 aliphatic heterocycles. The Labute approximate surface area is 118 Å². The molecule has 1 aromatic carbocycles. The van der Waals surface area contributed by atoms with Gasteiger partial charge in [-0.15, -0.1) is 0 Å². The fourth-order valence-corrected chi connectivity index (χ4v) is 1.45. The van der Waals surface area contributed by atoms with E-state index < -0.39 is 17.6 Å². The highest BCUT2D eigenvalue weighted by Crippen LogP contribution is 2.34. The molecule has 0 aliphatic rings. The molecule has 5 nitrogen and oxygen atoms in total. The Bertz CT molecular complexity index is 494. The third-order valence-corrected chi connectivity index (χ3v) is 2.28. The molecule has 3 N–H and O–H groups in total. The fraction of sp³-hybridized carbons (Fsp3) is 0.273. The SMILES string of the molecule is COCC(=O)NNC(=S)Nc1ccccc1C(F)(F)F. The van der Waals surface area contributed by atoms with Crippen LogP contribution in [-0.2, 0) is 15.7 Å². The zero-order valence-electron chi connectivity index (χ0n) is 10.4. The number of para-hydroxylation sites is 1. The van der Waals surface area contributed by atoms with E-state index in [1.807, 2.05) is 0 Å². The number of benzene rings is 1. The molecule has 1 aromatic rings. The van der Waals surface area contributed by atoms with Crippen molar-refractivity contribution in [1.29, 1.82) is 0 Å². The van der Waals surface area contributed by atoms with Crippen LogP contribution in [0, 0.1) is 0 Å². The number of hydrogen-bond donors (Lipinski definition) is 3. The molecule has 0 radical (unpaired) electrons. The number of hydrazine groups is 1. The Morgan fingerprint density at radius 3 is 2.55 bits per heavy atom. The first-order valence-corrected chi connectivity index (χ1v) is 5.76. The van der Waals surface area contributed by atoms with Crippen LogP contribution in [0.5, 0.6) is 0 Å². The van der Waals surface area contributed by atoms with Crippen molar-refractivity contribution >= 4 is 28.9 Å². The number of anilines is 1. The highest BCUT2D eigenvalue weighted by Gasteiger charge is 2.33. The Morgan fingerprint density at radius 1 is 1.30 bits per heavy atom. The summed E-state index contributed by atoms with van der Waals surface area (Å²) >= 11 is 4.78. The quantitative estimate of drug-likeness (QED) is 0.586. The van der Waals surface area contributed by atoms with Crippen LogP contribution in [0.15, 0.2) is 24.3 Å². The summed E-state index contributed by atoms with van der Waals surface area (Å²) in [5.74, 6) is -0.513. The van der Waals surface area contributed by atoms with Gasteiger partial charge in [0.25, 0.3) is 5.91 Å². The maximum Gasteiger partial charge on any atom is 0.418 e. The first-order chi connectivity index (χ1) is 9.34.